The molecule has 0 radical (unpaired) electrons. The van der Waals surface area contributed by atoms with Gasteiger partial charge >= 0.3 is 0 Å². The molecule has 0 bridgehead atoms. The molecular weight excluding hydrogens is 268 g/mol. The first kappa shape index (κ1) is 14.9. The lowest BCUT2D eigenvalue weighted by atomic mass is 10.1. The molecule has 2 heterocycles. The molecule has 1 saturated carbocycles. The molecule has 0 spiro atoms. The van der Waals surface area contributed by atoms with Crippen LogP contribution in [0.1, 0.15) is 50.8 Å². The Labute approximate surface area is 126 Å². The van der Waals surface area contributed by atoms with Crippen LogP contribution in [-0.2, 0) is 6.54 Å². The van der Waals surface area contributed by atoms with Crippen molar-refractivity contribution >= 4 is 0 Å². The van der Waals surface area contributed by atoms with E-state index in [1.165, 1.54) is 12.8 Å². The first-order valence-electron chi connectivity index (χ1n) is 8.12. The summed E-state index contributed by atoms with van der Waals surface area (Å²) in [5, 5.41) is 17.9. The number of rotatable bonds is 6. The fraction of sp³-hybridized carbons (Fsp3) is 0.867. The Morgan fingerprint density at radius 1 is 1.33 bits per heavy atom. The van der Waals surface area contributed by atoms with Gasteiger partial charge in [0.15, 0.2) is 0 Å². The second kappa shape index (κ2) is 6.42. The summed E-state index contributed by atoms with van der Waals surface area (Å²) in [7, 11) is 0. The molecule has 6 heteroatoms. The van der Waals surface area contributed by atoms with Crippen LogP contribution in [0, 0.1) is 0 Å². The van der Waals surface area contributed by atoms with Gasteiger partial charge in [-0.3, -0.25) is 9.80 Å². The Morgan fingerprint density at radius 3 is 2.81 bits per heavy atom. The van der Waals surface area contributed by atoms with Gasteiger partial charge in [0.25, 0.3) is 0 Å². The van der Waals surface area contributed by atoms with E-state index in [2.05, 4.69) is 26.9 Å². The Hall–Kier alpha value is -0.980. The van der Waals surface area contributed by atoms with Crippen molar-refractivity contribution in [2.45, 2.75) is 57.7 Å². The number of piperazine rings is 1. The van der Waals surface area contributed by atoms with Crippen LogP contribution in [0.25, 0.3) is 0 Å². The molecule has 1 N–H and O–H groups in total. The number of nitrogens with zero attached hydrogens (tertiary/aromatic N) is 4. The number of hydrogen-bond acceptors (Lipinski definition) is 6. The van der Waals surface area contributed by atoms with Crippen molar-refractivity contribution < 1.29 is 9.52 Å². The third kappa shape index (κ3) is 3.81. The molecule has 0 amide bonds. The monoisotopic (exact) mass is 294 g/mol. The second-order valence-corrected chi connectivity index (χ2v) is 6.45. The third-order valence-electron chi connectivity index (χ3n) is 4.43. The van der Waals surface area contributed by atoms with Gasteiger partial charge in [-0.15, -0.1) is 10.2 Å². The number of aliphatic hydroxyl groups is 1. The summed E-state index contributed by atoms with van der Waals surface area (Å²) >= 11 is 0. The van der Waals surface area contributed by atoms with Crippen LogP contribution in [0.5, 0.6) is 0 Å². The predicted octanol–water partition coefficient (Wildman–Crippen LogP) is 1.22. The van der Waals surface area contributed by atoms with Crippen LogP contribution in [-0.4, -0.2) is 63.4 Å². The lowest BCUT2D eigenvalue weighted by Gasteiger charge is -2.41. The molecule has 2 fully saturated rings. The molecule has 118 valence electrons. The minimum atomic E-state index is -0.261. The third-order valence-corrected chi connectivity index (χ3v) is 4.43. The van der Waals surface area contributed by atoms with Crippen molar-refractivity contribution in [2.24, 2.45) is 0 Å². The standard InChI is InChI=1S/C15H26N4O2/c1-3-13-9-18(6-7-19(13)8-11(2)20)10-14-16-17-15(21-14)12-4-5-12/h11-13,20H,3-10H2,1-2H3/t11-,13-/m0/s1. The van der Waals surface area contributed by atoms with E-state index in [9.17, 15) is 5.11 Å². The molecule has 0 aromatic carbocycles. The molecule has 1 aromatic rings. The number of β-amino-alcohol motifs (C(OH)–C–C–N with tert-alkyl or cyclic N) is 1. The molecule has 1 aromatic heterocycles. The van der Waals surface area contributed by atoms with Gasteiger partial charge in [0.1, 0.15) is 0 Å². The first-order chi connectivity index (χ1) is 10.2. The van der Waals surface area contributed by atoms with E-state index < -0.39 is 0 Å². The summed E-state index contributed by atoms with van der Waals surface area (Å²) in [6.45, 7) is 8.57. The van der Waals surface area contributed by atoms with Crippen molar-refractivity contribution in [2.75, 3.05) is 26.2 Å². The van der Waals surface area contributed by atoms with Gasteiger partial charge in [0, 0.05) is 38.1 Å². The minimum Gasteiger partial charge on any atom is -0.424 e. The summed E-state index contributed by atoms with van der Waals surface area (Å²) in [5.74, 6) is 2.10. The number of aromatic nitrogens is 2. The molecule has 21 heavy (non-hydrogen) atoms. The van der Waals surface area contributed by atoms with Crippen molar-refractivity contribution in [3.63, 3.8) is 0 Å². The van der Waals surface area contributed by atoms with Gasteiger partial charge in [0.2, 0.25) is 11.8 Å². The maximum absolute atomic E-state index is 9.59. The minimum absolute atomic E-state index is 0.261. The molecule has 1 saturated heterocycles. The second-order valence-electron chi connectivity index (χ2n) is 6.45. The summed E-state index contributed by atoms with van der Waals surface area (Å²) in [6, 6.07) is 0.499. The van der Waals surface area contributed by atoms with Crippen LogP contribution in [0.15, 0.2) is 4.42 Å². The molecule has 3 rings (SSSR count). The summed E-state index contributed by atoms with van der Waals surface area (Å²) in [6.07, 6.45) is 3.22. The lowest BCUT2D eigenvalue weighted by Crippen LogP contribution is -2.54. The van der Waals surface area contributed by atoms with E-state index in [-0.39, 0.29) is 6.10 Å². The van der Waals surface area contributed by atoms with E-state index >= 15 is 0 Å². The molecule has 2 atom stereocenters. The van der Waals surface area contributed by atoms with Crippen LogP contribution in [0.2, 0.25) is 0 Å². The van der Waals surface area contributed by atoms with E-state index in [4.69, 9.17) is 4.42 Å². The Kier molecular flexibility index (Phi) is 4.57. The van der Waals surface area contributed by atoms with Crippen molar-refractivity contribution in [3.8, 4) is 0 Å². The lowest BCUT2D eigenvalue weighted by molar-refractivity contribution is 0.0307. The average Bonchev–Trinajstić information content (AvgIpc) is 3.21. The Bertz CT molecular complexity index is 458. The maximum atomic E-state index is 9.59. The Balaban J connectivity index is 1.54. The van der Waals surface area contributed by atoms with E-state index in [1.807, 2.05) is 6.92 Å². The topological polar surface area (TPSA) is 65.6 Å². The van der Waals surface area contributed by atoms with Crippen LogP contribution in [0.4, 0.5) is 0 Å². The summed E-state index contributed by atoms with van der Waals surface area (Å²) < 4.78 is 5.75. The molecule has 2 aliphatic rings. The quantitative estimate of drug-likeness (QED) is 0.851. The van der Waals surface area contributed by atoms with E-state index in [0.29, 0.717) is 12.0 Å². The zero-order valence-electron chi connectivity index (χ0n) is 13.0. The van der Waals surface area contributed by atoms with Gasteiger partial charge in [-0.05, 0) is 26.2 Å². The Morgan fingerprint density at radius 2 is 2.14 bits per heavy atom. The van der Waals surface area contributed by atoms with Gasteiger partial charge in [-0.2, -0.15) is 0 Å². The fourth-order valence-corrected chi connectivity index (χ4v) is 3.08. The van der Waals surface area contributed by atoms with Gasteiger partial charge in [-0.25, -0.2) is 0 Å². The highest BCUT2D eigenvalue weighted by Gasteiger charge is 2.31. The van der Waals surface area contributed by atoms with Gasteiger partial charge < -0.3 is 9.52 Å². The van der Waals surface area contributed by atoms with Gasteiger partial charge in [-0.1, -0.05) is 6.92 Å². The predicted molar refractivity (Wildman–Crippen MR) is 78.9 cm³/mol. The molecule has 1 aliphatic carbocycles. The SMILES string of the molecule is CC[C@H]1CN(Cc2nnc(C3CC3)o2)CCN1C[C@H](C)O. The maximum Gasteiger partial charge on any atom is 0.230 e. The first-order valence-corrected chi connectivity index (χ1v) is 8.12. The van der Waals surface area contributed by atoms with Crippen LogP contribution >= 0.6 is 0 Å². The van der Waals surface area contributed by atoms with Crippen LogP contribution < -0.4 is 0 Å². The largest absolute Gasteiger partial charge is 0.424 e. The fourth-order valence-electron chi connectivity index (χ4n) is 3.08. The van der Waals surface area contributed by atoms with Gasteiger partial charge in [0.05, 0.1) is 12.6 Å². The molecule has 0 unspecified atom stereocenters. The average molecular weight is 294 g/mol. The zero-order chi connectivity index (χ0) is 14.8. The van der Waals surface area contributed by atoms with Crippen molar-refractivity contribution in [1.82, 2.24) is 20.0 Å². The highest BCUT2D eigenvalue weighted by Crippen LogP contribution is 2.39. The molecular formula is C15H26N4O2. The van der Waals surface area contributed by atoms with E-state index in [0.717, 1.165) is 50.9 Å². The van der Waals surface area contributed by atoms with Crippen molar-refractivity contribution in [1.29, 1.82) is 0 Å². The van der Waals surface area contributed by atoms with E-state index in [1.54, 1.807) is 0 Å². The molecule has 1 aliphatic heterocycles. The highest BCUT2D eigenvalue weighted by atomic mass is 16.4. The summed E-state index contributed by atoms with van der Waals surface area (Å²) in [4.78, 5) is 4.78. The highest BCUT2D eigenvalue weighted by molar-refractivity contribution is 5.00. The van der Waals surface area contributed by atoms with Crippen LogP contribution in [0.3, 0.4) is 0 Å². The van der Waals surface area contributed by atoms with Crippen molar-refractivity contribution in [3.05, 3.63) is 11.8 Å². The normalized spacial score (nSPS) is 26.1. The number of aliphatic hydroxyl groups excluding tert-OH is 1. The zero-order valence-corrected chi connectivity index (χ0v) is 13.0. The summed E-state index contributed by atoms with van der Waals surface area (Å²) in [5.41, 5.74) is 0. The smallest absolute Gasteiger partial charge is 0.230 e. The number of hydrogen-bond donors (Lipinski definition) is 1. The molecule has 6 nitrogen and oxygen atoms in total.